The van der Waals surface area contributed by atoms with Gasteiger partial charge in [0.25, 0.3) is 0 Å². The van der Waals surface area contributed by atoms with Gasteiger partial charge in [0, 0.05) is 30.3 Å². The Morgan fingerprint density at radius 1 is 1.39 bits per heavy atom. The summed E-state index contributed by atoms with van der Waals surface area (Å²) in [5, 5.41) is 14.0. The second-order valence-electron chi connectivity index (χ2n) is 4.39. The molecule has 0 aromatic heterocycles. The summed E-state index contributed by atoms with van der Waals surface area (Å²) >= 11 is 6.04. The second-order valence-corrected chi connectivity index (χ2v) is 4.79. The molecule has 0 saturated heterocycles. The molecule has 1 aromatic rings. The Bertz CT molecular complexity index is 340. The molecule has 4 heteroatoms. The predicted octanol–water partition coefficient (Wildman–Crippen LogP) is 2.78. The Labute approximate surface area is 114 Å². The van der Waals surface area contributed by atoms with Gasteiger partial charge in [-0.15, -0.1) is 0 Å². The lowest BCUT2D eigenvalue weighted by atomic mass is 10.1. The molecule has 0 saturated carbocycles. The quantitative estimate of drug-likeness (QED) is 0.764. The van der Waals surface area contributed by atoms with E-state index < -0.39 is 6.10 Å². The highest BCUT2D eigenvalue weighted by Gasteiger charge is 2.13. The van der Waals surface area contributed by atoms with Gasteiger partial charge in [-0.2, -0.15) is 0 Å². The van der Waals surface area contributed by atoms with E-state index in [4.69, 9.17) is 16.3 Å². The molecule has 3 nitrogen and oxygen atoms in total. The van der Waals surface area contributed by atoms with Gasteiger partial charge in [0.15, 0.2) is 0 Å². The topological polar surface area (TPSA) is 41.5 Å². The summed E-state index contributed by atoms with van der Waals surface area (Å²) in [5.74, 6) is 0. The Hall–Kier alpha value is -0.610. The molecule has 1 aromatic carbocycles. The molecule has 18 heavy (non-hydrogen) atoms. The number of aliphatic hydroxyl groups is 1. The number of hydrogen-bond acceptors (Lipinski definition) is 3. The Balaban J connectivity index is 2.49. The number of halogens is 1. The first-order chi connectivity index (χ1) is 8.69. The van der Waals surface area contributed by atoms with Crippen molar-refractivity contribution in [2.75, 3.05) is 20.3 Å². The number of hydrogen-bond donors (Lipinski definition) is 2. The van der Waals surface area contributed by atoms with E-state index in [9.17, 15) is 5.11 Å². The third-order valence-electron chi connectivity index (χ3n) is 2.87. The number of methoxy groups -OCH3 is 1. The van der Waals surface area contributed by atoms with E-state index in [2.05, 4.69) is 12.2 Å². The van der Waals surface area contributed by atoms with Gasteiger partial charge in [-0.05, 0) is 12.5 Å². The first-order valence-corrected chi connectivity index (χ1v) is 6.71. The van der Waals surface area contributed by atoms with Crippen molar-refractivity contribution < 1.29 is 9.84 Å². The van der Waals surface area contributed by atoms with Gasteiger partial charge in [0.1, 0.15) is 0 Å². The van der Waals surface area contributed by atoms with Crippen LogP contribution in [0.2, 0.25) is 5.02 Å². The van der Waals surface area contributed by atoms with Crippen LogP contribution in [0.1, 0.15) is 31.4 Å². The third-order valence-corrected chi connectivity index (χ3v) is 3.21. The Kier molecular flexibility index (Phi) is 7.28. The molecular formula is C14H22ClNO2. The maximum atomic E-state index is 10.1. The predicted molar refractivity (Wildman–Crippen MR) is 75.0 cm³/mol. The van der Waals surface area contributed by atoms with Crippen LogP contribution in [-0.2, 0) is 4.74 Å². The highest BCUT2D eigenvalue weighted by Crippen LogP contribution is 2.22. The van der Waals surface area contributed by atoms with Gasteiger partial charge in [0.2, 0.25) is 0 Å². The zero-order valence-electron chi connectivity index (χ0n) is 11.0. The summed E-state index contributed by atoms with van der Waals surface area (Å²) < 4.78 is 5.15. The lowest BCUT2D eigenvalue weighted by molar-refractivity contribution is 0.136. The van der Waals surface area contributed by atoms with Gasteiger partial charge in [-0.25, -0.2) is 0 Å². The van der Waals surface area contributed by atoms with Gasteiger partial charge in [0.05, 0.1) is 12.7 Å². The lowest BCUT2D eigenvalue weighted by Gasteiger charge is -2.20. The van der Waals surface area contributed by atoms with Crippen molar-refractivity contribution in [2.24, 2.45) is 0 Å². The number of ether oxygens (including phenoxy) is 1. The fraction of sp³-hybridized carbons (Fsp3) is 0.571. The zero-order chi connectivity index (χ0) is 13.4. The SMILES string of the molecule is CCCC(COC)NCC(O)c1ccccc1Cl. The number of rotatable bonds is 8. The van der Waals surface area contributed by atoms with Crippen LogP contribution in [0.15, 0.2) is 24.3 Å². The van der Waals surface area contributed by atoms with Crippen LogP contribution in [0, 0.1) is 0 Å². The lowest BCUT2D eigenvalue weighted by Crippen LogP contribution is -2.36. The monoisotopic (exact) mass is 271 g/mol. The molecule has 0 bridgehead atoms. The molecule has 0 aliphatic rings. The third kappa shape index (κ3) is 4.94. The number of nitrogens with one attached hydrogen (secondary N) is 1. The fourth-order valence-corrected chi connectivity index (χ4v) is 2.19. The van der Waals surface area contributed by atoms with Crippen molar-refractivity contribution in [3.8, 4) is 0 Å². The largest absolute Gasteiger partial charge is 0.387 e. The molecule has 0 heterocycles. The van der Waals surface area contributed by atoms with E-state index in [1.54, 1.807) is 13.2 Å². The minimum Gasteiger partial charge on any atom is -0.387 e. The van der Waals surface area contributed by atoms with Gasteiger partial charge >= 0.3 is 0 Å². The highest BCUT2D eigenvalue weighted by molar-refractivity contribution is 6.31. The molecule has 2 N–H and O–H groups in total. The summed E-state index contributed by atoms with van der Waals surface area (Å²) in [6.45, 7) is 3.27. The molecule has 102 valence electrons. The molecule has 0 aliphatic carbocycles. The molecule has 0 fully saturated rings. The van der Waals surface area contributed by atoms with E-state index >= 15 is 0 Å². The van der Waals surface area contributed by atoms with E-state index in [0.717, 1.165) is 18.4 Å². The summed E-state index contributed by atoms with van der Waals surface area (Å²) in [4.78, 5) is 0. The van der Waals surface area contributed by atoms with Crippen molar-refractivity contribution >= 4 is 11.6 Å². The highest BCUT2D eigenvalue weighted by atomic mass is 35.5. The zero-order valence-corrected chi connectivity index (χ0v) is 11.8. The van der Waals surface area contributed by atoms with Gasteiger partial charge < -0.3 is 15.2 Å². The van der Waals surface area contributed by atoms with E-state index in [0.29, 0.717) is 18.2 Å². The van der Waals surface area contributed by atoms with Crippen LogP contribution in [0.25, 0.3) is 0 Å². The first-order valence-electron chi connectivity index (χ1n) is 6.33. The summed E-state index contributed by atoms with van der Waals surface area (Å²) in [6, 6.07) is 7.65. The molecule has 0 amide bonds. The van der Waals surface area contributed by atoms with Crippen LogP contribution in [-0.4, -0.2) is 31.4 Å². The smallest absolute Gasteiger partial charge is 0.0928 e. The van der Waals surface area contributed by atoms with E-state index in [1.165, 1.54) is 0 Å². The number of benzene rings is 1. The molecule has 0 aliphatic heterocycles. The molecular weight excluding hydrogens is 250 g/mol. The van der Waals surface area contributed by atoms with Crippen molar-refractivity contribution in [2.45, 2.75) is 31.9 Å². The molecule has 2 atom stereocenters. The molecule has 2 unspecified atom stereocenters. The van der Waals surface area contributed by atoms with Crippen molar-refractivity contribution in [3.05, 3.63) is 34.9 Å². The van der Waals surface area contributed by atoms with Crippen molar-refractivity contribution in [1.29, 1.82) is 0 Å². The minimum atomic E-state index is -0.588. The van der Waals surface area contributed by atoms with Crippen molar-refractivity contribution in [1.82, 2.24) is 5.32 Å². The molecule has 0 spiro atoms. The normalized spacial score (nSPS) is 14.4. The Morgan fingerprint density at radius 2 is 2.11 bits per heavy atom. The van der Waals surface area contributed by atoms with Crippen LogP contribution >= 0.6 is 11.6 Å². The van der Waals surface area contributed by atoms with Crippen molar-refractivity contribution in [3.63, 3.8) is 0 Å². The Morgan fingerprint density at radius 3 is 2.72 bits per heavy atom. The van der Waals surface area contributed by atoms with E-state index in [-0.39, 0.29) is 6.04 Å². The summed E-state index contributed by atoms with van der Waals surface area (Å²) in [7, 11) is 1.69. The summed E-state index contributed by atoms with van der Waals surface area (Å²) in [6.07, 6.45) is 1.53. The van der Waals surface area contributed by atoms with Crippen LogP contribution in [0.4, 0.5) is 0 Å². The summed E-state index contributed by atoms with van der Waals surface area (Å²) in [5.41, 5.74) is 0.763. The fourth-order valence-electron chi connectivity index (χ4n) is 1.93. The first kappa shape index (κ1) is 15.4. The maximum absolute atomic E-state index is 10.1. The average molecular weight is 272 g/mol. The molecule has 0 radical (unpaired) electrons. The minimum absolute atomic E-state index is 0.275. The number of aliphatic hydroxyl groups excluding tert-OH is 1. The second kappa shape index (κ2) is 8.48. The van der Waals surface area contributed by atoms with Crippen LogP contribution in [0.5, 0.6) is 0 Å². The molecule has 1 rings (SSSR count). The van der Waals surface area contributed by atoms with Crippen LogP contribution in [0.3, 0.4) is 0 Å². The maximum Gasteiger partial charge on any atom is 0.0928 e. The van der Waals surface area contributed by atoms with E-state index in [1.807, 2.05) is 18.2 Å². The van der Waals surface area contributed by atoms with Gasteiger partial charge in [-0.3, -0.25) is 0 Å². The van der Waals surface area contributed by atoms with Gasteiger partial charge in [-0.1, -0.05) is 43.1 Å². The average Bonchev–Trinajstić information content (AvgIpc) is 2.36. The van der Waals surface area contributed by atoms with Crippen LogP contribution < -0.4 is 5.32 Å². The standard InChI is InChI=1S/C14H22ClNO2/c1-3-6-11(10-18-2)16-9-14(17)12-7-4-5-8-13(12)15/h4-5,7-8,11,14,16-17H,3,6,9-10H2,1-2H3.